The minimum Gasteiger partial charge on any atom is -0.367 e. The second kappa shape index (κ2) is 9.00. The van der Waals surface area contributed by atoms with E-state index in [9.17, 15) is 0 Å². The lowest BCUT2D eigenvalue weighted by molar-refractivity contribution is 0.146. The second-order valence-corrected chi connectivity index (χ2v) is 12.3. The lowest BCUT2D eigenvalue weighted by Gasteiger charge is -2.41. The number of likely N-dealkylation sites (N-methyl/N-ethyl adjacent to an activating group) is 1. The smallest absolute Gasteiger partial charge is 0.227 e. The first-order valence-corrected chi connectivity index (χ1v) is 13.9. The third kappa shape index (κ3) is 4.10. The molecule has 4 aliphatic rings. The maximum Gasteiger partial charge on any atom is 0.227 e. The Morgan fingerprint density at radius 3 is 2.65 bits per heavy atom. The highest BCUT2D eigenvalue weighted by Crippen LogP contribution is 2.49. The SMILES string of the molecule is Cc1sc2c(NCC34CC(CN3C)C4)nc(N3CCC(NCc4ccncc4)CC3)nc2c1Br. The van der Waals surface area contributed by atoms with Crippen LogP contribution in [0.2, 0.25) is 0 Å². The third-order valence-electron chi connectivity index (χ3n) is 8.01. The molecule has 0 atom stereocenters. The number of rotatable bonds is 7. The van der Waals surface area contributed by atoms with Crippen molar-refractivity contribution in [3.05, 3.63) is 39.4 Å². The minimum atomic E-state index is 0.310. The number of fused-ring (bicyclic) bond motifs is 2. The molecule has 2 N–H and O–H groups in total. The maximum absolute atomic E-state index is 5.08. The first-order chi connectivity index (χ1) is 16.5. The molecule has 34 heavy (non-hydrogen) atoms. The number of piperidine rings is 1. The number of halogens is 1. The Morgan fingerprint density at radius 1 is 1.18 bits per heavy atom. The lowest BCUT2D eigenvalue weighted by Crippen LogP contribution is -2.49. The van der Waals surface area contributed by atoms with E-state index in [4.69, 9.17) is 9.97 Å². The van der Waals surface area contributed by atoms with Crippen LogP contribution >= 0.6 is 27.3 Å². The quantitative estimate of drug-likeness (QED) is 0.458. The molecule has 1 saturated carbocycles. The molecule has 3 aromatic heterocycles. The van der Waals surface area contributed by atoms with Gasteiger partial charge in [0.2, 0.25) is 5.95 Å². The van der Waals surface area contributed by atoms with Gasteiger partial charge in [0.1, 0.15) is 11.3 Å². The number of aryl methyl sites for hydroxylation is 1. The number of hydrogen-bond acceptors (Lipinski definition) is 8. The molecule has 4 fully saturated rings. The summed E-state index contributed by atoms with van der Waals surface area (Å²) < 4.78 is 2.27. The van der Waals surface area contributed by atoms with Crippen molar-refractivity contribution in [2.24, 2.45) is 5.92 Å². The average Bonchev–Trinajstić information content (AvgIpc) is 3.44. The van der Waals surface area contributed by atoms with E-state index in [1.54, 1.807) is 11.3 Å². The summed E-state index contributed by atoms with van der Waals surface area (Å²) in [6, 6.07) is 4.67. The first kappa shape index (κ1) is 22.6. The number of thiophene rings is 1. The fourth-order valence-electron chi connectivity index (χ4n) is 5.92. The fourth-order valence-corrected chi connectivity index (χ4v) is 7.53. The van der Waals surface area contributed by atoms with Crippen LogP contribution in [0.1, 0.15) is 36.1 Å². The summed E-state index contributed by atoms with van der Waals surface area (Å²) >= 11 is 5.57. The van der Waals surface area contributed by atoms with E-state index in [-0.39, 0.29) is 0 Å². The van der Waals surface area contributed by atoms with Gasteiger partial charge in [-0.3, -0.25) is 9.88 Å². The summed E-state index contributed by atoms with van der Waals surface area (Å²) in [5.41, 5.74) is 2.63. The maximum atomic E-state index is 5.08. The van der Waals surface area contributed by atoms with Crippen molar-refractivity contribution in [3.8, 4) is 0 Å². The van der Waals surface area contributed by atoms with E-state index >= 15 is 0 Å². The molecule has 9 heteroatoms. The van der Waals surface area contributed by atoms with Crippen LogP contribution in [0.25, 0.3) is 10.2 Å². The highest BCUT2D eigenvalue weighted by Gasteiger charge is 2.54. The molecular weight excluding hydrogens is 510 g/mol. The molecule has 0 unspecified atom stereocenters. The number of aromatic nitrogens is 3. The summed E-state index contributed by atoms with van der Waals surface area (Å²) in [5, 5.41) is 7.47. The normalized spacial score (nSPS) is 25.1. The molecule has 1 aliphatic carbocycles. The van der Waals surface area contributed by atoms with E-state index in [2.05, 4.69) is 67.5 Å². The van der Waals surface area contributed by atoms with Crippen LogP contribution in [-0.2, 0) is 6.54 Å². The zero-order chi connectivity index (χ0) is 23.3. The van der Waals surface area contributed by atoms with E-state index in [1.807, 2.05) is 12.4 Å². The predicted octanol–water partition coefficient (Wildman–Crippen LogP) is 4.42. The summed E-state index contributed by atoms with van der Waals surface area (Å²) in [4.78, 5) is 20.4. The third-order valence-corrected chi connectivity index (χ3v) is 10.3. The Morgan fingerprint density at radius 2 is 1.94 bits per heavy atom. The van der Waals surface area contributed by atoms with Gasteiger partial charge < -0.3 is 15.5 Å². The number of nitrogens with zero attached hydrogens (tertiary/aromatic N) is 5. The molecular formula is C25H32BrN7S. The summed E-state index contributed by atoms with van der Waals surface area (Å²) in [6.07, 6.45) is 8.52. The zero-order valence-electron chi connectivity index (χ0n) is 19.9. The second-order valence-electron chi connectivity index (χ2n) is 10.3. The Kier molecular flexibility index (Phi) is 6.00. The van der Waals surface area contributed by atoms with Gasteiger partial charge in [-0.2, -0.15) is 4.98 Å². The van der Waals surface area contributed by atoms with E-state index in [1.165, 1.54) is 29.8 Å². The predicted molar refractivity (Wildman–Crippen MR) is 143 cm³/mol. The van der Waals surface area contributed by atoms with Crippen molar-refractivity contribution in [2.75, 3.05) is 43.4 Å². The minimum absolute atomic E-state index is 0.310. The van der Waals surface area contributed by atoms with Gasteiger partial charge in [-0.25, -0.2) is 4.98 Å². The molecule has 0 spiro atoms. The van der Waals surface area contributed by atoms with Gasteiger partial charge in [0.15, 0.2) is 0 Å². The first-order valence-electron chi connectivity index (χ1n) is 12.3. The molecule has 0 aromatic carbocycles. The van der Waals surface area contributed by atoms with Gasteiger partial charge in [0.25, 0.3) is 0 Å². The Hall–Kier alpha value is -1.81. The van der Waals surface area contributed by atoms with Crippen LogP contribution in [0.4, 0.5) is 11.8 Å². The van der Waals surface area contributed by atoms with Gasteiger partial charge in [-0.1, -0.05) is 0 Å². The highest BCUT2D eigenvalue weighted by molar-refractivity contribution is 9.10. The summed E-state index contributed by atoms with van der Waals surface area (Å²) in [5.74, 6) is 2.74. The average molecular weight is 543 g/mol. The van der Waals surface area contributed by atoms with Gasteiger partial charge in [0.05, 0.1) is 9.17 Å². The number of hydrogen-bond donors (Lipinski definition) is 2. The molecule has 7 rings (SSSR count). The topological polar surface area (TPSA) is 69.2 Å². The van der Waals surface area contributed by atoms with Crippen molar-refractivity contribution in [1.82, 2.24) is 25.2 Å². The van der Waals surface area contributed by atoms with Crippen molar-refractivity contribution in [3.63, 3.8) is 0 Å². The molecule has 3 aromatic rings. The van der Waals surface area contributed by atoms with E-state index in [0.717, 1.165) is 71.4 Å². The van der Waals surface area contributed by atoms with Crippen LogP contribution in [0.15, 0.2) is 29.0 Å². The zero-order valence-corrected chi connectivity index (χ0v) is 22.3. The van der Waals surface area contributed by atoms with Crippen molar-refractivity contribution in [1.29, 1.82) is 0 Å². The van der Waals surface area contributed by atoms with Crippen LogP contribution in [0.5, 0.6) is 0 Å². The van der Waals surface area contributed by atoms with Gasteiger partial charge in [-0.15, -0.1) is 11.3 Å². The number of nitrogens with one attached hydrogen (secondary N) is 2. The molecule has 3 aliphatic heterocycles. The molecule has 6 heterocycles. The molecule has 3 saturated heterocycles. The largest absolute Gasteiger partial charge is 0.367 e. The monoisotopic (exact) mass is 541 g/mol. The Bertz CT molecular complexity index is 1170. The standard InChI is InChI=1S/C25H32BrN7S/c1-16-20(26)21-22(34-16)23(29-15-25-11-18(12-25)14-32(25)2)31-24(30-21)33-9-5-19(6-10-33)28-13-17-3-7-27-8-4-17/h3-4,7-8,18-19,28H,5-6,9-15H2,1-2H3,(H,29,30,31). The van der Waals surface area contributed by atoms with Crippen molar-refractivity contribution >= 4 is 49.2 Å². The lowest BCUT2D eigenvalue weighted by atomic mass is 9.73. The molecule has 0 amide bonds. The summed E-state index contributed by atoms with van der Waals surface area (Å²) in [7, 11) is 2.27. The molecule has 0 radical (unpaired) electrons. The highest BCUT2D eigenvalue weighted by atomic mass is 79.9. The van der Waals surface area contributed by atoms with Crippen LogP contribution in [0, 0.1) is 12.8 Å². The van der Waals surface area contributed by atoms with Crippen LogP contribution in [0.3, 0.4) is 0 Å². The van der Waals surface area contributed by atoms with Gasteiger partial charge in [-0.05, 0) is 79.2 Å². The molecule has 7 nitrogen and oxygen atoms in total. The van der Waals surface area contributed by atoms with Gasteiger partial charge in [0, 0.05) is 61.6 Å². The fraction of sp³-hybridized carbons (Fsp3) is 0.560. The van der Waals surface area contributed by atoms with Crippen molar-refractivity contribution in [2.45, 2.75) is 50.7 Å². The molecule has 180 valence electrons. The number of anilines is 2. The van der Waals surface area contributed by atoms with E-state index < -0.39 is 0 Å². The van der Waals surface area contributed by atoms with Crippen LogP contribution < -0.4 is 15.5 Å². The van der Waals surface area contributed by atoms with E-state index in [0.29, 0.717) is 11.6 Å². The Balaban J connectivity index is 1.17. The summed E-state index contributed by atoms with van der Waals surface area (Å²) in [6.45, 7) is 7.17. The van der Waals surface area contributed by atoms with Crippen molar-refractivity contribution < 1.29 is 0 Å². The van der Waals surface area contributed by atoms with Crippen LogP contribution in [-0.4, -0.2) is 64.7 Å². The van der Waals surface area contributed by atoms with Gasteiger partial charge >= 0.3 is 0 Å². The molecule has 2 bridgehead atoms. The Labute approximate surface area is 213 Å². The number of pyridine rings is 1.